The summed E-state index contributed by atoms with van der Waals surface area (Å²) in [5.74, 6) is 0.124. The lowest BCUT2D eigenvalue weighted by Gasteiger charge is -2.34. The normalized spacial score (nSPS) is 17.6. The van der Waals surface area contributed by atoms with Gasteiger partial charge in [-0.15, -0.1) is 0 Å². The number of carbonyl (C=O) groups excluding carboxylic acids is 1. The van der Waals surface area contributed by atoms with Gasteiger partial charge in [-0.3, -0.25) is 9.78 Å². The van der Waals surface area contributed by atoms with Crippen molar-refractivity contribution < 1.29 is 4.79 Å². The number of likely N-dealkylation sites (N-methyl/N-ethyl adjacent to an activating group) is 1. The summed E-state index contributed by atoms with van der Waals surface area (Å²) in [6.07, 6.45) is 6.30. The lowest BCUT2D eigenvalue weighted by molar-refractivity contribution is -0.113. The van der Waals surface area contributed by atoms with Crippen molar-refractivity contribution in [1.29, 1.82) is 0 Å². The van der Waals surface area contributed by atoms with Crippen LogP contribution < -0.4 is 4.90 Å². The molecule has 0 atom stereocenters. The van der Waals surface area contributed by atoms with Gasteiger partial charge in [-0.05, 0) is 50.2 Å². The van der Waals surface area contributed by atoms with Crippen LogP contribution in [0.25, 0.3) is 17.3 Å². The topological polar surface area (TPSA) is 53.7 Å². The molecule has 0 saturated carbocycles. The van der Waals surface area contributed by atoms with E-state index in [4.69, 9.17) is 4.98 Å². The van der Waals surface area contributed by atoms with Gasteiger partial charge in [-0.25, -0.2) is 4.98 Å². The SMILES string of the molecule is Cc1cn2cc(C3=Cc4ccc(N5CCN(C)CC5)cc4CC3=O)nc2c(C)n1. The number of aryl methyl sites for hydroxylation is 2. The van der Waals surface area contributed by atoms with Crippen molar-refractivity contribution >= 4 is 28.8 Å². The molecule has 6 heteroatoms. The molecular weight excluding hydrogens is 362 g/mol. The average Bonchev–Trinajstić information content (AvgIpc) is 3.11. The Morgan fingerprint density at radius 2 is 1.79 bits per heavy atom. The lowest BCUT2D eigenvalue weighted by atomic mass is 9.89. The number of fused-ring (bicyclic) bond motifs is 2. The van der Waals surface area contributed by atoms with Crippen molar-refractivity contribution in [3.05, 3.63) is 58.8 Å². The zero-order valence-corrected chi connectivity index (χ0v) is 17.1. The number of ketones is 1. The van der Waals surface area contributed by atoms with E-state index in [1.165, 1.54) is 5.69 Å². The Kier molecular flexibility index (Phi) is 4.24. The molecule has 148 valence electrons. The highest BCUT2D eigenvalue weighted by atomic mass is 16.1. The first-order valence-electron chi connectivity index (χ1n) is 10.1. The number of benzene rings is 1. The second-order valence-corrected chi connectivity index (χ2v) is 8.16. The average molecular weight is 387 g/mol. The number of anilines is 1. The number of imidazole rings is 1. The molecule has 1 aliphatic carbocycles. The molecular formula is C23H25N5O. The van der Waals surface area contributed by atoms with Crippen molar-refractivity contribution in [2.45, 2.75) is 20.3 Å². The second kappa shape index (κ2) is 6.81. The van der Waals surface area contributed by atoms with Crippen LogP contribution in [0.1, 0.15) is 28.2 Å². The van der Waals surface area contributed by atoms with Gasteiger partial charge in [0.1, 0.15) is 0 Å². The van der Waals surface area contributed by atoms with E-state index in [-0.39, 0.29) is 5.78 Å². The fraction of sp³-hybridized carbons (Fsp3) is 0.348. The van der Waals surface area contributed by atoms with Gasteiger partial charge in [0.2, 0.25) is 0 Å². The largest absolute Gasteiger partial charge is 0.369 e. The van der Waals surface area contributed by atoms with E-state index in [0.717, 1.165) is 60.0 Å². The van der Waals surface area contributed by atoms with Crippen LogP contribution in [0.5, 0.6) is 0 Å². The van der Waals surface area contributed by atoms with E-state index >= 15 is 0 Å². The van der Waals surface area contributed by atoms with Gasteiger partial charge in [-0.1, -0.05) is 6.07 Å². The van der Waals surface area contributed by atoms with Gasteiger partial charge < -0.3 is 14.2 Å². The van der Waals surface area contributed by atoms with Crippen molar-refractivity contribution in [2.75, 3.05) is 38.1 Å². The Balaban J connectivity index is 1.50. The van der Waals surface area contributed by atoms with Gasteiger partial charge in [-0.2, -0.15) is 0 Å². The summed E-state index contributed by atoms with van der Waals surface area (Å²) in [7, 11) is 2.16. The Morgan fingerprint density at radius 1 is 1.00 bits per heavy atom. The fourth-order valence-corrected chi connectivity index (χ4v) is 4.30. The molecule has 2 aliphatic rings. The molecule has 29 heavy (non-hydrogen) atoms. The maximum absolute atomic E-state index is 13.0. The Labute approximate surface area is 170 Å². The number of nitrogens with zero attached hydrogens (tertiary/aromatic N) is 5. The van der Waals surface area contributed by atoms with Crippen molar-refractivity contribution in [3.8, 4) is 0 Å². The summed E-state index contributed by atoms with van der Waals surface area (Å²) >= 11 is 0. The fourth-order valence-electron chi connectivity index (χ4n) is 4.30. The number of hydrogen-bond acceptors (Lipinski definition) is 5. The van der Waals surface area contributed by atoms with Gasteiger partial charge in [0, 0.05) is 56.3 Å². The van der Waals surface area contributed by atoms with Gasteiger partial charge in [0.15, 0.2) is 11.4 Å². The van der Waals surface area contributed by atoms with Crippen LogP contribution in [0.3, 0.4) is 0 Å². The molecule has 3 aromatic rings. The summed E-state index contributed by atoms with van der Waals surface area (Å²) < 4.78 is 1.97. The smallest absolute Gasteiger partial charge is 0.169 e. The van der Waals surface area contributed by atoms with Crippen LogP contribution in [-0.4, -0.2) is 58.3 Å². The monoisotopic (exact) mass is 387 g/mol. The summed E-state index contributed by atoms with van der Waals surface area (Å²) in [6.45, 7) is 8.11. The molecule has 1 aliphatic heterocycles. The molecule has 0 bridgehead atoms. The first kappa shape index (κ1) is 18.1. The first-order chi connectivity index (χ1) is 14.0. The molecule has 5 rings (SSSR count). The molecule has 0 N–H and O–H groups in total. The molecule has 3 heterocycles. The first-order valence-corrected chi connectivity index (χ1v) is 10.1. The van der Waals surface area contributed by atoms with Gasteiger partial charge in [0.05, 0.1) is 17.1 Å². The van der Waals surface area contributed by atoms with Crippen molar-refractivity contribution in [1.82, 2.24) is 19.3 Å². The van der Waals surface area contributed by atoms with E-state index in [1.807, 2.05) is 36.7 Å². The van der Waals surface area contributed by atoms with E-state index in [9.17, 15) is 4.79 Å². The molecule has 0 amide bonds. The third-order valence-electron chi connectivity index (χ3n) is 5.95. The van der Waals surface area contributed by atoms with Crippen molar-refractivity contribution in [3.63, 3.8) is 0 Å². The van der Waals surface area contributed by atoms with E-state index in [0.29, 0.717) is 12.0 Å². The van der Waals surface area contributed by atoms with Gasteiger partial charge in [0.25, 0.3) is 0 Å². The maximum Gasteiger partial charge on any atom is 0.169 e. The minimum absolute atomic E-state index is 0.124. The molecule has 1 saturated heterocycles. The van der Waals surface area contributed by atoms with E-state index in [1.54, 1.807) is 0 Å². The van der Waals surface area contributed by atoms with Crippen LogP contribution in [0.2, 0.25) is 0 Å². The highest BCUT2D eigenvalue weighted by Crippen LogP contribution is 2.31. The molecule has 0 unspecified atom stereocenters. The molecule has 1 aromatic carbocycles. The maximum atomic E-state index is 13.0. The van der Waals surface area contributed by atoms with Gasteiger partial charge >= 0.3 is 0 Å². The predicted octanol–water partition coefficient (Wildman–Crippen LogP) is 2.76. The summed E-state index contributed by atoms with van der Waals surface area (Å²) in [5, 5.41) is 0. The Morgan fingerprint density at radius 3 is 2.59 bits per heavy atom. The molecule has 6 nitrogen and oxygen atoms in total. The van der Waals surface area contributed by atoms with Crippen LogP contribution in [0.15, 0.2) is 30.6 Å². The van der Waals surface area contributed by atoms with Crippen LogP contribution >= 0.6 is 0 Å². The number of hydrogen-bond donors (Lipinski definition) is 0. The summed E-state index contributed by atoms with van der Waals surface area (Å²) in [4.78, 5) is 26.9. The zero-order valence-electron chi connectivity index (χ0n) is 17.1. The molecule has 2 aromatic heterocycles. The molecule has 1 fully saturated rings. The number of Topliss-reactive ketones (excluding diaryl/α,β-unsaturated/α-hetero) is 1. The number of carbonyl (C=O) groups is 1. The summed E-state index contributed by atoms with van der Waals surface area (Å²) in [6, 6.07) is 6.50. The highest BCUT2D eigenvalue weighted by Gasteiger charge is 2.24. The van der Waals surface area contributed by atoms with Crippen LogP contribution in [-0.2, 0) is 11.2 Å². The van der Waals surface area contributed by atoms with Crippen molar-refractivity contribution in [2.24, 2.45) is 0 Å². The highest BCUT2D eigenvalue weighted by molar-refractivity contribution is 6.27. The third kappa shape index (κ3) is 3.23. The Hall–Kier alpha value is -2.99. The quantitative estimate of drug-likeness (QED) is 0.677. The van der Waals surface area contributed by atoms with Crippen LogP contribution in [0, 0.1) is 13.8 Å². The summed E-state index contributed by atoms with van der Waals surface area (Å²) in [5.41, 5.74) is 7.45. The standard InChI is InChI=1S/C23H25N5O/c1-15-13-28-14-21(25-23(28)16(2)24-15)20-11-17-4-5-19(10-18(17)12-22(20)29)27-8-6-26(3)7-9-27/h4-5,10-11,13-14H,6-9,12H2,1-3H3. The molecule has 0 radical (unpaired) electrons. The number of piperazine rings is 1. The second-order valence-electron chi connectivity index (χ2n) is 8.16. The van der Waals surface area contributed by atoms with E-state index < -0.39 is 0 Å². The van der Waals surface area contributed by atoms with E-state index in [2.05, 4.69) is 40.0 Å². The number of allylic oxidation sites excluding steroid dienone is 1. The number of aromatic nitrogens is 3. The van der Waals surface area contributed by atoms with Crippen LogP contribution in [0.4, 0.5) is 5.69 Å². The number of rotatable bonds is 2. The predicted molar refractivity (Wildman–Crippen MR) is 115 cm³/mol. The minimum Gasteiger partial charge on any atom is -0.369 e. The third-order valence-corrected chi connectivity index (χ3v) is 5.95. The zero-order chi connectivity index (χ0) is 20.1. The lowest BCUT2D eigenvalue weighted by Crippen LogP contribution is -2.44. The Bertz CT molecular complexity index is 1150. The minimum atomic E-state index is 0.124. The molecule has 0 spiro atoms.